The number of anilines is 1. The number of halogens is 1. The van der Waals surface area contributed by atoms with E-state index in [-0.39, 0.29) is 6.61 Å². The Morgan fingerprint density at radius 1 is 1.14 bits per heavy atom. The number of nitrogens with zero attached hydrogens (tertiary/aromatic N) is 1. The third-order valence-electron chi connectivity index (χ3n) is 3.37. The lowest BCUT2D eigenvalue weighted by Crippen LogP contribution is -1.94. The summed E-state index contributed by atoms with van der Waals surface area (Å²) in [6.07, 6.45) is 0.501. The average Bonchev–Trinajstić information content (AvgIpc) is 2.93. The Balaban J connectivity index is 1.97. The highest BCUT2D eigenvalue weighted by Crippen LogP contribution is 2.26. The Bertz CT molecular complexity index is 799. The van der Waals surface area contributed by atoms with Crippen molar-refractivity contribution in [2.75, 3.05) is 5.73 Å². The zero-order valence-electron chi connectivity index (χ0n) is 11.8. The summed E-state index contributed by atoms with van der Waals surface area (Å²) in [5, 5.41) is 10.2. The number of nitrogens with two attached hydrogens (primary N) is 1. The summed E-state index contributed by atoms with van der Waals surface area (Å²) < 4.78 is 5.66. The van der Waals surface area contributed by atoms with Crippen LogP contribution in [0, 0.1) is 0 Å². The van der Waals surface area contributed by atoms with Crippen molar-refractivity contribution in [1.29, 1.82) is 0 Å². The minimum absolute atomic E-state index is 0.213. The first-order valence-electron chi connectivity index (χ1n) is 6.86. The summed E-state index contributed by atoms with van der Waals surface area (Å²) >= 11 is 6.18. The summed E-state index contributed by atoms with van der Waals surface area (Å²) in [6, 6.07) is 14.8. The van der Waals surface area contributed by atoms with E-state index in [2.05, 4.69) is 4.98 Å². The van der Waals surface area contributed by atoms with E-state index in [9.17, 15) is 5.11 Å². The second-order valence-electron chi connectivity index (χ2n) is 4.94. The summed E-state index contributed by atoms with van der Waals surface area (Å²) in [5.41, 5.74) is 8.80. The topological polar surface area (TPSA) is 72.3 Å². The van der Waals surface area contributed by atoms with Gasteiger partial charge < -0.3 is 15.3 Å². The van der Waals surface area contributed by atoms with Crippen molar-refractivity contribution < 1.29 is 9.52 Å². The molecular weight excluding hydrogens is 300 g/mol. The predicted octanol–water partition coefficient (Wildman–Crippen LogP) is 3.66. The van der Waals surface area contributed by atoms with Crippen LogP contribution in [-0.4, -0.2) is 10.1 Å². The van der Waals surface area contributed by atoms with E-state index >= 15 is 0 Å². The highest BCUT2D eigenvalue weighted by molar-refractivity contribution is 6.31. The van der Waals surface area contributed by atoms with Gasteiger partial charge >= 0.3 is 0 Å². The molecule has 1 heterocycles. The number of benzene rings is 2. The zero-order chi connectivity index (χ0) is 15.5. The third-order valence-corrected chi connectivity index (χ3v) is 3.74. The molecule has 3 N–H and O–H groups in total. The van der Waals surface area contributed by atoms with Gasteiger partial charge in [0.05, 0.1) is 5.69 Å². The lowest BCUT2D eigenvalue weighted by atomic mass is 10.1. The summed E-state index contributed by atoms with van der Waals surface area (Å²) in [4.78, 5) is 4.49. The molecule has 0 spiro atoms. The normalized spacial score (nSPS) is 10.8. The molecule has 0 atom stereocenters. The van der Waals surface area contributed by atoms with Gasteiger partial charge in [-0.2, -0.15) is 0 Å². The van der Waals surface area contributed by atoms with Crippen molar-refractivity contribution >= 4 is 17.3 Å². The van der Waals surface area contributed by atoms with E-state index < -0.39 is 0 Å². The molecule has 22 heavy (non-hydrogen) atoms. The Hall–Kier alpha value is -2.30. The fraction of sp³-hybridized carbons (Fsp3) is 0.118. The number of nitrogen functional groups attached to an aromatic ring is 1. The van der Waals surface area contributed by atoms with E-state index in [4.69, 9.17) is 21.8 Å². The van der Waals surface area contributed by atoms with Crippen LogP contribution < -0.4 is 5.73 Å². The number of aromatic nitrogens is 1. The second kappa shape index (κ2) is 6.22. The molecular formula is C17H15ClN2O2. The van der Waals surface area contributed by atoms with E-state index in [0.29, 0.717) is 34.5 Å². The molecule has 0 saturated carbocycles. The van der Waals surface area contributed by atoms with Gasteiger partial charge in [0.25, 0.3) is 0 Å². The van der Waals surface area contributed by atoms with Crippen molar-refractivity contribution in [2.24, 2.45) is 0 Å². The zero-order valence-corrected chi connectivity index (χ0v) is 12.5. The highest BCUT2D eigenvalue weighted by Gasteiger charge is 2.15. The number of aliphatic hydroxyl groups excluding tert-OH is 1. The number of aliphatic hydroxyl groups is 1. The maximum absolute atomic E-state index is 9.49. The Morgan fingerprint density at radius 3 is 2.68 bits per heavy atom. The fourth-order valence-electron chi connectivity index (χ4n) is 2.26. The predicted molar refractivity (Wildman–Crippen MR) is 86.5 cm³/mol. The van der Waals surface area contributed by atoms with Crippen molar-refractivity contribution in [2.45, 2.75) is 13.0 Å². The molecule has 0 aliphatic carbocycles. The summed E-state index contributed by atoms with van der Waals surface area (Å²) in [5.74, 6) is 0.885. The molecule has 0 saturated heterocycles. The molecule has 2 aromatic carbocycles. The van der Waals surface area contributed by atoms with Crippen molar-refractivity contribution in [3.05, 3.63) is 70.6 Å². The first-order chi connectivity index (χ1) is 10.7. The van der Waals surface area contributed by atoms with Crippen LogP contribution in [0.3, 0.4) is 0 Å². The van der Waals surface area contributed by atoms with Gasteiger partial charge in [0.15, 0.2) is 5.76 Å². The molecule has 0 aliphatic rings. The Kier molecular flexibility index (Phi) is 4.13. The van der Waals surface area contributed by atoms with E-state index in [0.717, 1.165) is 11.1 Å². The molecule has 0 unspecified atom stereocenters. The minimum Gasteiger partial charge on any atom is -0.438 e. The van der Waals surface area contributed by atoms with Gasteiger partial charge in [-0.1, -0.05) is 35.9 Å². The highest BCUT2D eigenvalue weighted by atomic mass is 35.5. The van der Waals surface area contributed by atoms with Gasteiger partial charge in [0.2, 0.25) is 5.89 Å². The smallest absolute Gasteiger partial charge is 0.226 e. The molecule has 0 bridgehead atoms. The lowest BCUT2D eigenvalue weighted by Gasteiger charge is -2.01. The number of hydrogen-bond donors (Lipinski definition) is 2. The average molecular weight is 315 g/mol. The van der Waals surface area contributed by atoms with Crippen molar-refractivity contribution in [1.82, 2.24) is 4.98 Å². The van der Waals surface area contributed by atoms with Crippen LogP contribution in [0.5, 0.6) is 0 Å². The molecule has 0 fully saturated rings. The van der Waals surface area contributed by atoms with Crippen LogP contribution >= 0.6 is 11.6 Å². The molecule has 0 aliphatic heterocycles. The SMILES string of the molecule is Nc1cccc(-c2nc(Cc3ccccc3Cl)c(CO)o2)c1. The maximum atomic E-state index is 9.49. The first kappa shape index (κ1) is 14.6. The minimum atomic E-state index is -0.213. The lowest BCUT2D eigenvalue weighted by molar-refractivity contribution is 0.247. The molecule has 3 aromatic rings. The van der Waals surface area contributed by atoms with Crippen LogP contribution in [0.25, 0.3) is 11.5 Å². The molecule has 5 heteroatoms. The van der Waals surface area contributed by atoms with E-state index in [1.807, 2.05) is 36.4 Å². The molecule has 112 valence electrons. The Morgan fingerprint density at radius 2 is 1.95 bits per heavy atom. The summed E-state index contributed by atoms with van der Waals surface area (Å²) in [6.45, 7) is -0.213. The first-order valence-corrected chi connectivity index (χ1v) is 7.24. The standard InChI is InChI=1S/C17H15ClN2O2/c18-14-7-2-1-4-11(14)9-15-16(10-21)22-17(20-15)12-5-3-6-13(19)8-12/h1-8,21H,9-10,19H2. The molecule has 0 amide bonds. The van der Waals surface area contributed by atoms with E-state index in [1.54, 1.807) is 12.1 Å². The largest absolute Gasteiger partial charge is 0.438 e. The van der Waals surface area contributed by atoms with Gasteiger partial charge in [-0.05, 0) is 29.8 Å². The van der Waals surface area contributed by atoms with Gasteiger partial charge in [-0.25, -0.2) is 4.98 Å². The number of rotatable bonds is 4. The quantitative estimate of drug-likeness (QED) is 0.721. The van der Waals surface area contributed by atoms with Gasteiger partial charge in [-0.3, -0.25) is 0 Å². The van der Waals surface area contributed by atoms with Gasteiger partial charge in [0.1, 0.15) is 6.61 Å². The van der Waals surface area contributed by atoms with Crippen molar-refractivity contribution in [3.63, 3.8) is 0 Å². The van der Waals surface area contributed by atoms with E-state index in [1.165, 1.54) is 0 Å². The maximum Gasteiger partial charge on any atom is 0.226 e. The van der Waals surface area contributed by atoms with Crippen LogP contribution in [0.1, 0.15) is 17.0 Å². The van der Waals surface area contributed by atoms with Crippen LogP contribution in [0.2, 0.25) is 5.02 Å². The van der Waals surface area contributed by atoms with Crippen molar-refractivity contribution in [3.8, 4) is 11.5 Å². The Labute approximate surface area is 133 Å². The second-order valence-corrected chi connectivity index (χ2v) is 5.35. The number of oxazole rings is 1. The molecule has 3 rings (SSSR count). The van der Waals surface area contributed by atoms with Gasteiger partial charge in [-0.15, -0.1) is 0 Å². The van der Waals surface area contributed by atoms with Crippen LogP contribution in [0.15, 0.2) is 52.9 Å². The number of hydrogen-bond acceptors (Lipinski definition) is 4. The van der Waals surface area contributed by atoms with Gasteiger partial charge in [0, 0.05) is 22.7 Å². The fourth-order valence-corrected chi connectivity index (χ4v) is 2.46. The third kappa shape index (κ3) is 2.98. The monoisotopic (exact) mass is 314 g/mol. The molecule has 0 radical (unpaired) electrons. The molecule has 1 aromatic heterocycles. The van der Waals surface area contributed by atoms with Crippen LogP contribution in [-0.2, 0) is 13.0 Å². The molecule has 4 nitrogen and oxygen atoms in total. The van der Waals surface area contributed by atoms with Crippen LogP contribution in [0.4, 0.5) is 5.69 Å². The summed E-state index contributed by atoms with van der Waals surface area (Å²) in [7, 11) is 0.